The highest BCUT2D eigenvalue weighted by Crippen LogP contribution is 2.20. The summed E-state index contributed by atoms with van der Waals surface area (Å²) in [6.45, 7) is 0.0735. The fraction of sp³-hybridized carbons (Fsp3) is 0.250. The number of hydrogen-bond acceptors (Lipinski definition) is 5. The molecule has 1 heterocycles. The minimum Gasteiger partial charge on any atom is -0.468 e. The van der Waals surface area contributed by atoms with Crippen LogP contribution in [0.4, 0.5) is 0 Å². The van der Waals surface area contributed by atoms with Gasteiger partial charge in [0.25, 0.3) is 5.91 Å². The van der Waals surface area contributed by atoms with Gasteiger partial charge in [0, 0.05) is 18.0 Å². The minimum absolute atomic E-state index is 0.168. The summed E-state index contributed by atoms with van der Waals surface area (Å²) in [5.41, 5.74) is 2.46. The maximum Gasteiger partial charge on any atom is 0.325 e. The lowest BCUT2D eigenvalue weighted by Crippen LogP contribution is -2.42. The van der Waals surface area contributed by atoms with Crippen molar-refractivity contribution in [3.8, 4) is 0 Å². The highest BCUT2D eigenvalue weighted by atomic mass is 35.5. The van der Waals surface area contributed by atoms with Crippen molar-refractivity contribution < 1.29 is 19.2 Å². The molecule has 3 rings (SSSR count). The summed E-state index contributed by atoms with van der Waals surface area (Å²) in [6, 6.07) is 16.6. The van der Waals surface area contributed by atoms with Crippen molar-refractivity contribution in [1.29, 1.82) is 0 Å². The van der Waals surface area contributed by atoms with Crippen molar-refractivity contribution in [2.45, 2.75) is 19.1 Å². The number of ether oxygens (including phenoxy) is 1. The molecule has 2 aromatic carbocycles. The zero-order valence-corrected chi connectivity index (χ0v) is 15.6. The smallest absolute Gasteiger partial charge is 0.325 e. The first-order valence-electron chi connectivity index (χ1n) is 8.45. The second-order valence-corrected chi connectivity index (χ2v) is 6.54. The molecule has 0 N–H and O–H groups in total. The van der Waals surface area contributed by atoms with Crippen LogP contribution >= 0.6 is 11.6 Å². The van der Waals surface area contributed by atoms with E-state index in [-0.39, 0.29) is 19.0 Å². The molecule has 1 aliphatic rings. The van der Waals surface area contributed by atoms with E-state index in [4.69, 9.17) is 21.2 Å². The fourth-order valence-electron chi connectivity index (χ4n) is 2.76. The molecule has 27 heavy (non-hydrogen) atoms. The number of benzene rings is 2. The number of halogens is 1. The summed E-state index contributed by atoms with van der Waals surface area (Å²) in [5.74, 6) is -0.815. The van der Waals surface area contributed by atoms with Crippen LogP contribution in [0.5, 0.6) is 0 Å². The zero-order valence-electron chi connectivity index (χ0n) is 14.8. The molecule has 0 radical (unpaired) electrons. The number of hydrogen-bond donors (Lipinski definition) is 0. The van der Waals surface area contributed by atoms with Gasteiger partial charge in [-0.2, -0.15) is 0 Å². The van der Waals surface area contributed by atoms with E-state index in [9.17, 15) is 9.59 Å². The van der Waals surface area contributed by atoms with E-state index in [2.05, 4.69) is 5.16 Å². The summed E-state index contributed by atoms with van der Waals surface area (Å²) in [5, 5.41) is 4.65. The Hall–Kier alpha value is -2.86. The number of oxime groups is 1. The van der Waals surface area contributed by atoms with Crippen LogP contribution in [0.3, 0.4) is 0 Å². The number of carbonyl (C=O) groups excluding carboxylic acids is 2. The van der Waals surface area contributed by atoms with E-state index < -0.39 is 12.1 Å². The monoisotopic (exact) mass is 386 g/mol. The minimum atomic E-state index is -0.767. The van der Waals surface area contributed by atoms with Gasteiger partial charge in [0.1, 0.15) is 6.54 Å². The maximum atomic E-state index is 12.9. The van der Waals surface area contributed by atoms with Gasteiger partial charge in [0.15, 0.2) is 0 Å². The molecule has 0 bridgehead atoms. The molecular formula is C20H19ClN2O4. The van der Waals surface area contributed by atoms with Crippen LogP contribution in [0.2, 0.25) is 5.02 Å². The Kier molecular flexibility index (Phi) is 6.08. The summed E-state index contributed by atoms with van der Waals surface area (Å²) in [7, 11) is 1.29. The Morgan fingerprint density at radius 1 is 1.19 bits per heavy atom. The van der Waals surface area contributed by atoms with Gasteiger partial charge in [0.05, 0.1) is 12.8 Å². The van der Waals surface area contributed by atoms with Gasteiger partial charge >= 0.3 is 5.97 Å². The Balaban J connectivity index is 1.71. The average Bonchev–Trinajstić information content (AvgIpc) is 3.19. The van der Waals surface area contributed by atoms with E-state index in [0.29, 0.717) is 17.2 Å². The van der Waals surface area contributed by atoms with Crippen molar-refractivity contribution in [2.75, 3.05) is 13.7 Å². The Morgan fingerprint density at radius 2 is 1.89 bits per heavy atom. The Morgan fingerprint density at radius 3 is 2.56 bits per heavy atom. The molecule has 1 aliphatic heterocycles. The van der Waals surface area contributed by atoms with Gasteiger partial charge in [-0.15, -0.1) is 0 Å². The van der Waals surface area contributed by atoms with Gasteiger partial charge in [0.2, 0.25) is 6.10 Å². The topological polar surface area (TPSA) is 68.2 Å². The molecule has 1 amide bonds. The van der Waals surface area contributed by atoms with Crippen LogP contribution < -0.4 is 0 Å². The number of amides is 1. The second kappa shape index (κ2) is 8.68. The lowest BCUT2D eigenvalue weighted by molar-refractivity contribution is -0.152. The van der Waals surface area contributed by atoms with Crippen LogP contribution in [-0.4, -0.2) is 42.2 Å². The molecule has 2 aromatic rings. The number of carbonyl (C=O) groups is 2. The van der Waals surface area contributed by atoms with Crippen LogP contribution in [0.1, 0.15) is 17.5 Å². The third kappa shape index (κ3) is 4.86. The second-order valence-electron chi connectivity index (χ2n) is 6.10. The van der Waals surface area contributed by atoms with Crippen LogP contribution in [-0.2, 0) is 25.7 Å². The highest BCUT2D eigenvalue weighted by Gasteiger charge is 2.33. The molecule has 0 saturated carbocycles. The first kappa shape index (κ1) is 18.9. The number of nitrogens with zero attached hydrogens (tertiary/aromatic N) is 2. The molecular weight excluding hydrogens is 368 g/mol. The van der Waals surface area contributed by atoms with E-state index >= 15 is 0 Å². The third-order valence-corrected chi connectivity index (χ3v) is 4.45. The fourth-order valence-corrected chi connectivity index (χ4v) is 2.88. The normalized spacial score (nSPS) is 15.6. The molecule has 6 nitrogen and oxygen atoms in total. The van der Waals surface area contributed by atoms with Crippen molar-refractivity contribution in [1.82, 2.24) is 4.90 Å². The molecule has 0 saturated heterocycles. The summed E-state index contributed by atoms with van der Waals surface area (Å²) >= 11 is 5.91. The summed E-state index contributed by atoms with van der Waals surface area (Å²) in [4.78, 5) is 31.5. The molecule has 1 atom stereocenters. The molecule has 140 valence electrons. The highest BCUT2D eigenvalue weighted by molar-refractivity contribution is 6.30. The van der Waals surface area contributed by atoms with E-state index in [0.717, 1.165) is 11.1 Å². The zero-order chi connectivity index (χ0) is 19.2. The van der Waals surface area contributed by atoms with Crippen molar-refractivity contribution >= 4 is 29.2 Å². The van der Waals surface area contributed by atoms with Crippen molar-refractivity contribution in [3.05, 3.63) is 70.7 Å². The first-order valence-corrected chi connectivity index (χ1v) is 8.83. The van der Waals surface area contributed by atoms with Crippen LogP contribution in [0.15, 0.2) is 59.8 Å². The van der Waals surface area contributed by atoms with E-state index in [1.807, 2.05) is 30.3 Å². The summed E-state index contributed by atoms with van der Waals surface area (Å²) in [6.07, 6.45) is -0.418. The number of rotatable bonds is 6. The summed E-state index contributed by atoms with van der Waals surface area (Å²) < 4.78 is 4.72. The lowest BCUT2D eigenvalue weighted by atomic mass is 10.0. The van der Waals surface area contributed by atoms with Gasteiger partial charge in [-0.1, -0.05) is 59.2 Å². The van der Waals surface area contributed by atoms with Crippen molar-refractivity contribution in [2.24, 2.45) is 5.16 Å². The molecule has 0 fully saturated rings. The third-order valence-electron chi connectivity index (χ3n) is 4.20. The van der Waals surface area contributed by atoms with Crippen molar-refractivity contribution in [3.63, 3.8) is 0 Å². The predicted molar refractivity (Wildman–Crippen MR) is 101 cm³/mol. The quantitative estimate of drug-likeness (QED) is 0.715. The van der Waals surface area contributed by atoms with Crippen LogP contribution in [0, 0.1) is 0 Å². The molecule has 1 unspecified atom stereocenters. The van der Waals surface area contributed by atoms with Gasteiger partial charge < -0.3 is 14.5 Å². The average molecular weight is 387 g/mol. The molecule has 0 spiro atoms. The number of esters is 1. The largest absolute Gasteiger partial charge is 0.468 e. The van der Waals surface area contributed by atoms with E-state index in [1.54, 1.807) is 24.3 Å². The standard InChI is InChI=1S/C20H19ClN2O4/c1-26-19(24)13-23(12-14-7-9-16(21)10-8-14)20(25)18-11-17(22-27-18)15-5-3-2-4-6-15/h2-10,18H,11-13H2,1H3. The lowest BCUT2D eigenvalue weighted by Gasteiger charge is -2.23. The number of methoxy groups -OCH3 is 1. The molecule has 0 aliphatic carbocycles. The molecule has 7 heteroatoms. The maximum absolute atomic E-state index is 12.9. The SMILES string of the molecule is COC(=O)CN(Cc1ccc(Cl)cc1)C(=O)C1CC(c2ccccc2)=NO1. The van der Waals surface area contributed by atoms with Gasteiger partial charge in [-0.05, 0) is 23.3 Å². The predicted octanol–water partition coefficient (Wildman–Crippen LogP) is 3.03. The van der Waals surface area contributed by atoms with Crippen LogP contribution in [0.25, 0.3) is 0 Å². The van der Waals surface area contributed by atoms with E-state index in [1.165, 1.54) is 12.0 Å². The Bertz CT molecular complexity index is 837. The Labute approximate surface area is 162 Å². The van der Waals surface area contributed by atoms with Gasteiger partial charge in [-0.3, -0.25) is 9.59 Å². The molecule has 0 aromatic heterocycles. The van der Waals surface area contributed by atoms with Gasteiger partial charge in [-0.25, -0.2) is 0 Å². The first-order chi connectivity index (χ1) is 13.1.